The van der Waals surface area contributed by atoms with Crippen molar-refractivity contribution in [2.45, 2.75) is 32.2 Å². The van der Waals surface area contributed by atoms with Crippen LogP contribution >= 0.6 is 0 Å². The number of carbonyl (C=O) groups excluding carboxylic acids is 1. The minimum absolute atomic E-state index is 0.00375. The van der Waals surface area contributed by atoms with Crippen LogP contribution < -0.4 is 5.73 Å². The van der Waals surface area contributed by atoms with E-state index in [2.05, 4.69) is 11.8 Å². The van der Waals surface area contributed by atoms with Gasteiger partial charge in [0.05, 0.1) is 6.04 Å². The van der Waals surface area contributed by atoms with Gasteiger partial charge < -0.3 is 10.6 Å². The van der Waals surface area contributed by atoms with Gasteiger partial charge in [-0.25, -0.2) is 0 Å². The van der Waals surface area contributed by atoms with E-state index in [1.165, 1.54) is 0 Å². The molecule has 4 nitrogen and oxygen atoms in total. The third-order valence-corrected chi connectivity index (χ3v) is 3.00. The van der Waals surface area contributed by atoms with Crippen molar-refractivity contribution < 1.29 is 4.79 Å². The molecule has 1 aliphatic heterocycles. The molecule has 0 aromatic rings. The summed E-state index contributed by atoms with van der Waals surface area (Å²) in [5, 5.41) is 0. The van der Waals surface area contributed by atoms with Crippen molar-refractivity contribution in [3.05, 3.63) is 0 Å². The van der Waals surface area contributed by atoms with Crippen molar-refractivity contribution in [3.8, 4) is 0 Å². The van der Waals surface area contributed by atoms with Gasteiger partial charge in [-0.2, -0.15) is 0 Å². The first-order valence-electron chi connectivity index (χ1n) is 5.89. The Balaban J connectivity index is 2.67. The number of rotatable bonds is 4. The van der Waals surface area contributed by atoms with E-state index in [-0.39, 0.29) is 11.9 Å². The van der Waals surface area contributed by atoms with Gasteiger partial charge in [0, 0.05) is 19.6 Å². The van der Waals surface area contributed by atoms with Gasteiger partial charge in [-0.15, -0.1) is 0 Å². The second kappa shape index (κ2) is 6.08. The zero-order valence-electron chi connectivity index (χ0n) is 9.91. The molecule has 15 heavy (non-hydrogen) atoms. The monoisotopic (exact) mass is 213 g/mol. The van der Waals surface area contributed by atoms with Crippen LogP contribution in [0.5, 0.6) is 0 Å². The second-order valence-electron chi connectivity index (χ2n) is 4.25. The van der Waals surface area contributed by atoms with E-state index >= 15 is 0 Å². The number of nitrogens with two attached hydrogens (primary N) is 1. The molecular formula is C11H23N3O. The van der Waals surface area contributed by atoms with Gasteiger partial charge in [0.25, 0.3) is 0 Å². The average molecular weight is 213 g/mol. The number of carbonyl (C=O) groups is 1. The van der Waals surface area contributed by atoms with Crippen LogP contribution in [-0.4, -0.2) is 55.0 Å². The van der Waals surface area contributed by atoms with Gasteiger partial charge >= 0.3 is 0 Å². The topological polar surface area (TPSA) is 49.6 Å². The lowest BCUT2D eigenvalue weighted by Crippen LogP contribution is -2.45. The SMILES string of the molecule is CCCN1CCCN(C)C(CCN)C1=O. The molecule has 0 aromatic carbocycles. The fraction of sp³-hybridized carbons (Fsp3) is 0.909. The maximum absolute atomic E-state index is 12.2. The molecule has 2 N–H and O–H groups in total. The molecule has 0 aliphatic carbocycles. The van der Waals surface area contributed by atoms with Crippen LogP contribution in [-0.2, 0) is 4.79 Å². The van der Waals surface area contributed by atoms with Gasteiger partial charge in [-0.05, 0) is 32.9 Å². The molecule has 1 unspecified atom stereocenters. The van der Waals surface area contributed by atoms with Crippen LogP contribution in [0, 0.1) is 0 Å². The molecule has 0 saturated carbocycles. The normalized spacial score (nSPS) is 24.3. The summed E-state index contributed by atoms with van der Waals surface area (Å²) in [6, 6.07) is 0.00375. The molecule has 88 valence electrons. The molecule has 0 radical (unpaired) electrons. The van der Waals surface area contributed by atoms with Gasteiger partial charge in [-0.3, -0.25) is 9.69 Å². The van der Waals surface area contributed by atoms with E-state index in [0.717, 1.165) is 38.9 Å². The van der Waals surface area contributed by atoms with E-state index in [0.29, 0.717) is 6.54 Å². The summed E-state index contributed by atoms with van der Waals surface area (Å²) in [4.78, 5) is 16.3. The highest BCUT2D eigenvalue weighted by Gasteiger charge is 2.29. The molecule has 1 saturated heterocycles. The Morgan fingerprint density at radius 2 is 2.20 bits per heavy atom. The lowest BCUT2D eigenvalue weighted by Gasteiger charge is -2.27. The molecule has 1 heterocycles. The fourth-order valence-corrected chi connectivity index (χ4v) is 2.17. The van der Waals surface area contributed by atoms with Crippen molar-refractivity contribution in [2.24, 2.45) is 5.73 Å². The Hall–Kier alpha value is -0.610. The molecule has 1 amide bonds. The van der Waals surface area contributed by atoms with Crippen molar-refractivity contribution in [3.63, 3.8) is 0 Å². The smallest absolute Gasteiger partial charge is 0.239 e. The average Bonchev–Trinajstić information content (AvgIpc) is 2.34. The first kappa shape index (κ1) is 12.5. The first-order chi connectivity index (χ1) is 7.20. The lowest BCUT2D eigenvalue weighted by atomic mass is 10.1. The molecule has 0 spiro atoms. The van der Waals surface area contributed by atoms with Crippen LogP contribution in [0.25, 0.3) is 0 Å². The highest BCUT2D eigenvalue weighted by molar-refractivity contribution is 5.82. The molecule has 0 aromatic heterocycles. The quantitative estimate of drug-likeness (QED) is 0.729. The predicted octanol–water partition coefficient (Wildman–Crippen LogP) is 0.278. The maximum Gasteiger partial charge on any atom is 0.239 e. The minimum Gasteiger partial charge on any atom is -0.341 e. The summed E-state index contributed by atoms with van der Waals surface area (Å²) in [6.45, 7) is 5.48. The van der Waals surface area contributed by atoms with Crippen molar-refractivity contribution >= 4 is 5.91 Å². The zero-order valence-corrected chi connectivity index (χ0v) is 9.91. The third kappa shape index (κ3) is 3.18. The fourth-order valence-electron chi connectivity index (χ4n) is 2.17. The van der Waals surface area contributed by atoms with Gasteiger partial charge in [0.2, 0.25) is 5.91 Å². The Morgan fingerprint density at radius 3 is 2.80 bits per heavy atom. The maximum atomic E-state index is 12.2. The Bertz CT molecular complexity index is 208. The molecule has 1 rings (SSSR count). The molecule has 1 atom stereocenters. The van der Waals surface area contributed by atoms with Gasteiger partial charge in [0.15, 0.2) is 0 Å². The van der Waals surface area contributed by atoms with E-state index in [9.17, 15) is 4.79 Å². The van der Waals surface area contributed by atoms with Gasteiger partial charge in [0.1, 0.15) is 0 Å². The Labute approximate surface area is 92.4 Å². The van der Waals surface area contributed by atoms with Gasteiger partial charge in [-0.1, -0.05) is 6.92 Å². The van der Waals surface area contributed by atoms with Crippen LogP contribution in [0.4, 0.5) is 0 Å². The van der Waals surface area contributed by atoms with Crippen LogP contribution in [0.15, 0.2) is 0 Å². The van der Waals surface area contributed by atoms with E-state index in [1.807, 2.05) is 11.9 Å². The number of likely N-dealkylation sites (N-methyl/N-ethyl adjacent to an activating group) is 1. The van der Waals surface area contributed by atoms with Crippen LogP contribution in [0.1, 0.15) is 26.2 Å². The van der Waals surface area contributed by atoms with Crippen molar-refractivity contribution in [2.75, 3.05) is 33.2 Å². The van der Waals surface area contributed by atoms with Crippen molar-refractivity contribution in [1.29, 1.82) is 0 Å². The third-order valence-electron chi connectivity index (χ3n) is 3.00. The summed E-state index contributed by atoms with van der Waals surface area (Å²) in [6.07, 6.45) is 2.88. The number of nitrogens with zero attached hydrogens (tertiary/aromatic N) is 2. The highest BCUT2D eigenvalue weighted by atomic mass is 16.2. The second-order valence-corrected chi connectivity index (χ2v) is 4.25. The standard InChI is InChI=1S/C11H23N3O/c1-3-7-14-9-4-8-13(2)10(5-6-12)11(14)15/h10H,3-9,12H2,1-2H3. The van der Waals surface area contributed by atoms with Crippen LogP contribution in [0.3, 0.4) is 0 Å². The summed E-state index contributed by atoms with van der Waals surface area (Å²) in [7, 11) is 2.02. The summed E-state index contributed by atoms with van der Waals surface area (Å²) in [5.41, 5.74) is 5.56. The molecule has 1 aliphatic rings. The highest BCUT2D eigenvalue weighted by Crippen LogP contribution is 2.12. The summed E-state index contributed by atoms with van der Waals surface area (Å²) >= 11 is 0. The first-order valence-corrected chi connectivity index (χ1v) is 5.89. The molecule has 0 bridgehead atoms. The molecular weight excluding hydrogens is 190 g/mol. The summed E-state index contributed by atoms with van der Waals surface area (Å²) in [5.74, 6) is 0.266. The number of hydrogen-bond donors (Lipinski definition) is 1. The number of amides is 1. The molecule has 1 fully saturated rings. The predicted molar refractivity (Wildman–Crippen MR) is 61.6 cm³/mol. The Kier molecular flexibility index (Phi) is 5.05. The Morgan fingerprint density at radius 1 is 1.47 bits per heavy atom. The number of hydrogen-bond acceptors (Lipinski definition) is 3. The van der Waals surface area contributed by atoms with Crippen LogP contribution in [0.2, 0.25) is 0 Å². The summed E-state index contributed by atoms with van der Waals surface area (Å²) < 4.78 is 0. The minimum atomic E-state index is 0.00375. The largest absolute Gasteiger partial charge is 0.341 e. The van der Waals surface area contributed by atoms with E-state index < -0.39 is 0 Å². The van der Waals surface area contributed by atoms with Crippen molar-refractivity contribution in [1.82, 2.24) is 9.80 Å². The molecule has 4 heteroatoms. The van der Waals surface area contributed by atoms with E-state index in [4.69, 9.17) is 5.73 Å². The van der Waals surface area contributed by atoms with E-state index in [1.54, 1.807) is 0 Å². The lowest BCUT2D eigenvalue weighted by molar-refractivity contribution is -0.135. The zero-order chi connectivity index (χ0) is 11.3.